The summed E-state index contributed by atoms with van der Waals surface area (Å²) < 4.78 is 10.7. The Kier molecular flexibility index (Phi) is 10.0. The van der Waals surface area contributed by atoms with Crippen molar-refractivity contribution in [3.63, 3.8) is 0 Å². The molecule has 0 unspecified atom stereocenters. The lowest BCUT2D eigenvalue weighted by Crippen LogP contribution is -2.14. The number of carbonyl (C=O) groups excluding carboxylic acids is 2. The van der Waals surface area contributed by atoms with Crippen molar-refractivity contribution in [2.45, 2.75) is 52.1 Å². The van der Waals surface area contributed by atoms with E-state index in [0.29, 0.717) is 22.2 Å². The number of hydrogen-bond acceptors (Lipinski definition) is 4. The van der Waals surface area contributed by atoms with Crippen LogP contribution < -0.4 is 0 Å². The maximum absolute atomic E-state index is 12.5. The van der Waals surface area contributed by atoms with E-state index >= 15 is 0 Å². The van der Waals surface area contributed by atoms with E-state index in [0.717, 1.165) is 19.3 Å². The molecule has 0 heterocycles. The van der Waals surface area contributed by atoms with Gasteiger partial charge in [0.05, 0.1) is 17.7 Å². The molecule has 0 aliphatic heterocycles. The number of halogens is 2. The Morgan fingerprint density at radius 3 is 2.10 bits per heavy atom. The number of benzene rings is 2. The van der Waals surface area contributed by atoms with Gasteiger partial charge in [0.15, 0.2) is 0 Å². The third kappa shape index (κ3) is 7.71. The second-order valence-corrected chi connectivity index (χ2v) is 7.60. The van der Waals surface area contributed by atoms with Gasteiger partial charge in [0.25, 0.3) is 0 Å². The van der Waals surface area contributed by atoms with E-state index in [1.165, 1.54) is 19.3 Å². The summed E-state index contributed by atoms with van der Waals surface area (Å²) >= 11 is 12.0. The van der Waals surface area contributed by atoms with Crippen molar-refractivity contribution >= 4 is 35.1 Å². The molecule has 2 rings (SSSR count). The lowest BCUT2D eigenvalue weighted by Gasteiger charge is -2.10. The maximum Gasteiger partial charge on any atom is 0.339 e. The number of carbonyl (C=O) groups is 2. The van der Waals surface area contributed by atoms with Gasteiger partial charge in [-0.2, -0.15) is 0 Å². The van der Waals surface area contributed by atoms with Gasteiger partial charge in [-0.15, -0.1) is 0 Å². The average Bonchev–Trinajstić information content (AvgIpc) is 2.72. The van der Waals surface area contributed by atoms with Crippen LogP contribution in [0.4, 0.5) is 0 Å². The summed E-state index contributed by atoms with van der Waals surface area (Å²) in [6, 6.07) is 11.4. The maximum atomic E-state index is 12.5. The molecule has 0 atom stereocenters. The number of rotatable bonds is 11. The number of esters is 2. The van der Waals surface area contributed by atoms with Crippen LogP contribution in [0.25, 0.3) is 0 Å². The molecule has 0 amide bonds. The van der Waals surface area contributed by atoms with Crippen LogP contribution in [0.2, 0.25) is 10.0 Å². The Bertz CT molecular complexity index is 820. The molecule has 0 bridgehead atoms. The van der Waals surface area contributed by atoms with Gasteiger partial charge in [-0.25, -0.2) is 9.59 Å². The number of unbranched alkanes of at least 4 members (excludes halogenated alkanes) is 5. The highest BCUT2D eigenvalue weighted by Gasteiger charge is 2.19. The van der Waals surface area contributed by atoms with Crippen molar-refractivity contribution in [2.75, 3.05) is 6.61 Å². The first-order valence-electron chi connectivity index (χ1n) is 9.90. The van der Waals surface area contributed by atoms with Gasteiger partial charge in [0, 0.05) is 15.6 Å². The lowest BCUT2D eigenvalue weighted by atomic mass is 10.1. The van der Waals surface area contributed by atoms with Crippen molar-refractivity contribution in [3.8, 4) is 0 Å². The van der Waals surface area contributed by atoms with Gasteiger partial charge < -0.3 is 9.47 Å². The van der Waals surface area contributed by atoms with Gasteiger partial charge in [0.1, 0.15) is 6.61 Å². The lowest BCUT2D eigenvalue weighted by molar-refractivity contribution is 0.0436. The first-order chi connectivity index (χ1) is 14.0. The van der Waals surface area contributed by atoms with Gasteiger partial charge >= 0.3 is 11.9 Å². The van der Waals surface area contributed by atoms with Crippen LogP contribution in [0.5, 0.6) is 0 Å². The van der Waals surface area contributed by atoms with Crippen molar-refractivity contribution in [2.24, 2.45) is 0 Å². The Hall–Kier alpha value is -2.04. The minimum atomic E-state index is -0.608. The van der Waals surface area contributed by atoms with E-state index in [1.54, 1.807) is 42.5 Å². The second kappa shape index (κ2) is 12.5. The van der Waals surface area contributed by atoms with Gasteiger partial charge in [-0.1, -0.05) is 80.4 Å². The summed E-state index contributed by atoms with van der Waals surface area (Å²) in [4.78, 5) is 24.9. The fraction of sp³-hybridized carbons (Fsp3) is 0.391. The van der Waals surface area contributed by atoms with E-state index < -0.39 is 11.9 Å². The molecule has 0 fully saturated rings. The number of hydrogen-bond donors (Lipinski definition) is 0. The smallest absolute Gasteiger partial charge is 0.339 e. The largest absolute Gasteiger partial charge is 0.462 e. The molecule has 0 N–H and O–H groups in total. The predicted molar refractivity (Wildman–Crippen MR) is 116 cm³/mol. The van der Waals surface area contributed by atoms with Crippen LogP contribution in [-0.4, -0.2) is 18.5 Å². The highest BCUT2D eigenvalue weighted by molar-refractivity contribution is 6.35. The van der Waals surface area contributed by atoms with E-state index in [1.807, 2.05) is 0 Å². The monoisotopic (exact) mass is 436 g/mol. The van der Waals surface area contributed by atoms with Crippen LogP contribution >= 0.6 is 23.2 Å². The minimum absolute atomic E-state index is 0.0179. The zero-order chi connectivity index (χ0) is 21.1. The molecule has 2 aromatic carbocycles. The van der Waals surface area contributed by atoms with Crippen molar-refractivity contribution in [3.05, 3.63) is 69.2 Å². The van der Waals surface area contributed by atoms with Crippen molar-refractivity contribution in [1.82, 2.24) is 0 Å². The number of ether oxygens (including phenoxy) is 2. The Morgan fingerprint density at radius 1 is 0.828 bits per heavy atom. The minimum Gasteiger partial charge on any atom is -0.462 e. The third-order valence-corrected chi connectivity index (χ3v) is 5.06. The summed E-state index contributed by atoms with van der Waals surface area (Å²) in [5, 5.41) is 0.917. The predicted octanol–water partition coefficient (Wildman–Crippen LogP) is 6.87. The molecule has 0 aliphatic rings. The molecule has 29 heavy (non-hydrogen) atoms. The Morgan fingerprint density at radius 2 is 1.45 bits per heavy atom. The zero-order valence-corrected chi connectivity index (χ0v) is 18.1. The molecule has 0 saturated carbocycles. The highest BCUT2D eigenvalue weighted by atomic mass is 35.5. The Labute approximate surface area is 182 Å². The van der Waals surface area contributed by atoms with E-state index in [-0.39, 0.29) is 17.7 Å². The van der Waals surface area contributed by atoms with E-state index in [2.05, 4.69) is 6.92 Å². The standard InChI is InChI=1S/C23H26Cl2O4/c1-2-3-4-5-6-9-14-28-22(26)19-10-7-8-11-20(19)23(27)29-16-17-12-13-18(24)15-21(17)25/h7-8,10-13,15H,2-6,9,14,16H2,1H3. The van der Waals surface area contributed by atoms with E-state index in [9.17, 15) is 9.59 Å². The molecular weight excluding hydrogens is 411 g/mol. The molecular formula is C23H26Cl2O4. The summed E-state index contributed by atoms with van der Waals surface area (Å²) in [6.45, 7) is 2.50. The SMILES string of the molecule is CCCCCCCCOC(=O)c1ccccc1C(=O)OCc1ccc(Cl)cc1Cl. The molecule has 4 nitrogen and oxygen atoms in total. The molecule has 2 aromatic rings. The van der Waals surface area contributed by atoms with Crippen LogP contribution in [0.15, 0.2) is 42.5 Å². The summed E-state index contributed by atoms with van der Waals surface area (Å²) in [7, 11) is 0. The highest BCUT2D eigenvalue weighted by Crippen LogP contribution is 2.22. The summed E-state index contributed by atoms with van der Waals surface area (Å²) in [5.41, 5.74) is 1.00. The first-order valence-corrected chi connectivity index (χ1v) is 10.7. The van der Waals surface area contributed by atoms with Gasteiger partial charge in [-0.05, 0) is 30.7 Å². The summed E-state index contributed by atoms with van der Waals surface area (Å²) in [5.74, 6) is -1.13. The molecule has 0 aliphatic carbocycles. The first kappa shape index (κ1) is 23.2. The molecule has 0 aromatic heterocycles. The Balaban J connectivity index is 1.89. The van der Waals surface area contributed by atoms with Crippen molar-refractivity contribution < 1.29 is 19.1 Å². The second-order valence-electron chi connectivity index (χ2n) is 6.76. The quantitative estimate of drug-likeness (QED) is 0.284. The molecule has 0 radical (unpaired) electrons. The summed E-state index contributed by atoms with van der Waals surface area (Å²) in [6.07, 6.45) is 6.62. The fourth-order valence-electron chi connectivity index (χ4n) is 2.82. The third-order valence-electron chi connectivity index (χ3n) is 4.47. The molecule has 6 heteroatoms. The van der Waals surface area contributed by atoms with Gasteiger partial charge in [0.2, 0.25) is 0 Å². The van der Waals surface area contributed by atoms with Crippen LogP contribution in [-0.2, 0) is 16.1 Å². The van der Waals surface area contributed by atoms with Crippen LogP contribution in [0.3, 0.4) is 0 Å². The van der Waals surface area contributed by atoms with Gasteiger partial charge in [-0.3, -0.25) is 0 Å². The van der Waals surface area contributed by atoms with Crippen LogP contribution in [0, 0.1) is 0 Å². The zero-order valence-electron chi connectivity index (χ0n) is 16.6. The van der Waals surface area contributed by atoms with Crippen molar-refractivity contribution in [1.29, 1.82) is 0 Å². The molecule has 0 spiro atoms. The fourth-order valence-corrected chi connectivity index (χ4v) is 3.29. The molecule has 156 valence electrons. The normalized spacial score (nSPS) is 10.6. The van der Waals surface area contributed by atoms with Crippen LogP contribution in [0.1, 0.15) is 71.7 Å². The molecule has 0 saturated heterocycles. The average molecular weight is 437 g/mol. The topological polar surface area (TPSA) is 52.6 Å². The van der Waals surface area contributed by atoms with E-state index in [4.69, 9.17) is 32.7 Å².